The molecule has 9 aromatic rings. The Balaban J connectivity index is 0.990. The third kappa shape index (κ3) is 12.6. The summed E-state index contributed by atoms with van der Waals surface area (Å²) in [4.78, 5) is 0. The summed E-state index contributed by atoms with van der Waals surface area (Å²) < 4.78 is 25.1. The third-order valence-electron chi connectivity index (χ3n) is 13.2. The molecule has 0 amide bonds. The highest BCUT2D eigenvalue weighted by Gasteiger charge is 2.21. The molecule has 0 aliphatic carbocycles. The van der Waals surface area contributed by atoms with Gasteiger partial charge >= 0.3 is 0 Å². The largest absolute Gasteiger partial charge is 0.489 e. The molecule has 4 nitrogen and oxygen atoms in total. The monoisotopic (exact) mass is 940 g/mol. The molecule has 0 aliphatic rings. The molecule has 1 unspecified atom stereocenters. The number of hydrogen-bond donors (Lipinski definition) is 0. The van der Waals surface area contributed by atoms with Crippen LogP contribution in [-0.4, -0.2) is 0 Å². The van der Waals surface area contributed by atoms with Gasteiger partial charge in [0.15, 0.2) is 0 Å². The molecule has 0 bridgehead atoms. The van der Waals surface area contributed by atoms with E-state index in [0.29, 0.717) is 26.4 Å². The Morgan fingerprint density at radius 2 is 0.472 bits per heavy atom. The molecule has 0 saturated carbocycles. The van der Waals surface area contributed by atoms with Crippen molar-refractivity contribution in [1.29, 1.82) is 0 Å². The van der Waals surface area contributed by atoms with E-state index in [2.05, 4.69) is 245 Å². The van der Waals surface area contributed by atoms with Crippen LogP contribution in [0.25, 0.3) is 18.2 Å². The van der Waals surface area contributed by atoms with Crippen LogP contribution in [0.3, 0.4) is 0 Å². The lowest BCUT2D eigenvalue weighted by Crippen LogP contribution is -2.07. The van der Waals surface area contributed by atoms with E-state index >= 15 is 0 Å². The van der Waals surface area contributed by atoms with Crippen LogP contribution in [0.5, 0.6) is 23.0 Å². The molecule has 4 heteroatoms. The topological polar surface area (TPSA) is 36.9 Å². The van der Waals surface area contributed by atoms with Gasteiger partial charge < -0.3 is 18.9 Å². The van der Waals surface area contributed by atoms with Gasteiger partial charge in [0.2, 0.25) is 0 Å². The van der Waals surface area contributed by atoms with Crippen LogP contribution in [0.15, 0.2) is 238 Å². The van der Waals surface area contributed by atoms with Crippen LogP contribution in [0.2, 0.25) is 0 Å². The summed E-state index contributed by atoms with van der Waals surface area (Å²) in [5, 5.41) is 0. The second kappa shape index (κ2) is 23.8. The van der Waals surface area contributed by atoms with Crippen molar-refractivity contribution in [1.82, 2.24) is 0 Å². The van der Waals surface area contributed by atoms with Crippen molar-refractivity contribution in [2.75, 3.05) is 0 Å². The van der Waals surface area contributed by atoms with Gasteiger partial charge in [-0.2, -0.15) is 0 Å². The minimum atomic E-state index is -0.0579. The molecule has 0 aromatic heterocycles. The Hall–Kier alpha value is -8.60. The molecule has 0 radical (unpaired) electrons. The van der Waals surface area contributed by atoms with Crippen molar-refractivity contribution in [3.63, 3.8) is 0 Å². The lowest BCUT2D eigenvalue weighted by Gasteiger charge is -2.23. The first kappa shape index (κ1) is 48.4. The predicted octanol–water partition coefficient (Wildman–Crippen LogP) is 16.9. The fourth-order valence-corrected chi connectivity index (χ4v) is 8.85. The van der Waals surface area contributed by atoms with E-state index < -0.39 is 0 Å². The lowest BCUT2D eigenvalue weighted by atomic mass is 9.81. The fourth-order valence-electron chi connectivity index (χ4n) is 8.85. The molecule has 1 atom stereocenters. The first-order valence-corrected chi connectivity index (χ1v) is 24.7. The Morgan fingerprint density at radius 3 is 0.681 bits per heavy atom. The zero-order chi connectivity index (χ0) is 49.5. The van der Waals surface area contributed by atoms with E-state index in [1.54, 1.807) is 0 Å². The van der Waals surface area contributed by atoms with Gasteiger partial charge in [-0.15, -0.1) is 0 Å². The number of hydrogen-bond acceptors (Lipinski definition) is 4. The number of ether oxygens (including phenoxy) is 4. The summed E-state index contributed by atoms with van der Waals surface area (Å²) >= 11 is 0. The van der Waals surface area contributed by atoms with Crippen LogP contribution >= 0.6 is 0 Å². The van der Waals surface area contributed by atoms with E-state index in [0.717, 1.165) is 90.6 Å². The lowest BCUT2D eigenvalue weighted by molar-refractivity contribution is 0.306. The average molecular weight is 941 g/mol. The third-order valence-corrected chi connectivity index (χ3v) is 13.2. The molecular weight excluding hydrogens is 881 g/mol. The highest BCUT2D eigenvalue weighted by atomic mass is 16.5. The van der Waals surface area contributed by atoms with Gasteiger partial charge in [-0.25, -0.2) is 0 Å². The van der Waals surface area contributed by atoms with Crippen molar-refractivity contribution in [3.8, 4) is 23.0 Å². The molecule has 0 N–H and O–H groups in total. The maximum absolute atomic E-state index is 6.28. The Kier molecular flexibility index (Phi) is 16.0. The molecule has 9 rings (SSSR count). The quantitative estimate of drug-likeness (QED) is 0.0635. The molecule has 0 aliphatic heterocycles. The zero-order valence-electron chi connectivity index (χ0n) is 41.0. The number of aryl methyl sites for hydroxylation is 1. The number of benzene rings is 9. The Bertz CT molecular complexity index is 3040. The Labute approximate surface area is 425 Å². The molecule has 0 spiro atoms. The second-order valence-corrected chi connectivity index (χ2v) is 18.0. The van der Waals surface area contributed by atoms with Gasteiger partial charge in [0.05, 0.1) is 0 Å². The van der Waals surface area contributed by atoms with Crippen molar-refractivity contribution in [3.05, 3.63) is 316 Å². The minimum Gasteiger partial charge on any atom is -0.489 e. The van der Waals surface area contributed by atoms with Crippen molar-refractivity contribution >= 4 is 18.2 Å². The summed E-state index contributed by atoms with van der Waals surface area (Å²) in [6.07, 6.45) is 6.56. The highest BCUT2D eigenvalue weighted by molar-refractivity contribution is 5.52. The first-order valence-electron chi connectivity index (χ1n) is 24.7. The van der Waals surface area contributed by atoms with E-state index in [-0.39, 0.29) is 11.8 Å². The van der Waals surface area contributed by atoms with Crippen LogP contribution in [-0.2, 0) is 32.8 Å². The van der Waals surface area contributed by atoms with E-state index in [4.69, 9.17) is 18.9 Å². The summed E-state index contributed by atoms with van der Waals surface area (Å²) in [5.74, 6) is 3.16. The van der Waals surface area contributed by atoms with Gasteiger partial charge in [-0.05, 0) is 133 Å². The maximum atomic E-state index is 6.28. The van der Waals surface area contributed by atoms with Crippen molar-refractivity contribution in [2.45, 2.75) is 51.6 Å². The molecule has 0 fully saturated rings. The standard InChI is InChI=1S/C68H60O4/c1-5-49-9-17-53(18-10-49)45-69-63-37-29-59(30-38-63)67(60-31-39-64(40-32-60)70-46-54-19-11-50(6-2)12-20-54)57-25-27-58(28-26-57)68(61-33-41-65(42-34-61)71-47-55-21-13-51(7-3)14-22-55)62-35-43-66(44-36-62)72-48-56-23-15-52(8-4)16-24-56/h5-7,9-44,67-68H,1-3,8,45-48H2,4H3. The summed E-state index contributed by atoms with van der Waals surface area (Å²) in [6.45, 7) is 15.7. The summed E-state index contributed by atoms with van der Waals surface area (Å²) in [6, 6.07) is 76.6. The minimum absolute atomic E-state index is 0.0533. The van der Waals surface area contributed by atoms with E-state index in [1.165, 1.54) is 16.7 Å². The van der Waals surface area contributed by atoms with Crippen molar-refractivity contribution < 1.29 is 18.9 Å². The fraction of sp³-hybridized carbons (Fsp3) is 0.118. The molecule has 0 heterocycles. The predicted molar refractivity (Wildman–Crippen MR) is 297 cm³/mol. The van der Waals surface area contributed by atoms with Crippen LogP contribution in [0, 0.1) is 0 Å². The first-order chi connectivity index (χ1) is 35.4. The zero-order valence-corrected chi connectivity index (χ0v) is 41.0. The van der Waals surface area contributed by atoms with E-state index in [9.17, 15) is 0 Å². The van der Waals surface area contributed by atoms with Crippen molar-refractivity contribution in [2.24, 2.45) is 0 Å². The van der Waals surface area contributed by atoms with Crippen LogP contribution in [0.4, 0.5) is 0 Å². The molecule has 0 saturated heterocycles. The Morgan fingerprint density at radius 1 is 0.278 bits per heavy atom. The molecule has 9 aromatic carbocycles. The number of rotatable bonds is 22. The summed E-state index contributed by atoms with van der Waals surface area (Å²) in [7, 11) is 0. The maximum Gasteiger partial charge on any atom is 0.119 e. The SMILES string of the molecule is C=Cc1ccc(COc2ccc(C(c3ccc(OCc4ccc(C=C)cc4)cc3)c3ccc(C(c4ccc(OCc5ccc(C=C)cc5)cc4)c4ccc(OCc5ccc(CC)cc5)cc4)cc3)cc2)cc1. The summed E-state index contributed by atoms with van der Waals surface area (Å²) in [5.41, 5.74) is 16.0. The second-order valence-electron chi connectivity index (χ2n) is 18.0. The van der Waals surface area contributed by atoms with Crippen LogP contribution in [0.1, 0.15) is 96.6 Å². The van der Waals surface area contributed by atoms with Gasteiger partial charge in [0.1, 0.15) is 49.4 Å². The average Bonchev–Trinajstić information content (AvgIpc) is 3.45. The molecule has 356 valence electrons. The van der Waals surface area contributed by atoms with Gasteiger partial charge in [0, 0.05) is 11.8 Å². The molecule has 72 heavy (non-hydrogen) atoms. The van der Waals surface area contributed by atoms with Gasteiger partial charge in [0.25, 0.3) is 0 Å². The smallest absolute Gasteiger partial charge is 0.119 e. The van der Waals surface area contributed by atoms with Gasteiger partial charge in [-0.1, -0.05) is 215 Å². The molecular formula is C68H60O4. The van der Waals surface area contributed by atoms with E-state index in [1.807, 2.05) is 18.2 Å². The normalized spacial score (nSPS) is 11.4. The van der Waals surface area contributed by atoms with Gasteiger partial charge in [-0.3, -0.25) is 0 Å². The van der Waals surface area contributed by atoms with Crippen LogP contribution < -0.4 is 18.9 Å². The highest BCUT2D eigenvalue weighted by Crippen LogP contribution is 2.38.